The van der Waals surface area contributed by atoms with E-state index in [1.54, 1.807) is 25.1 Å². The van der Waals surface area contributed by atoms with E-state index >= 15 is 0 Å². The average Bonchev–Trinajstić information content (AvgIpc) is 2.88. The van der Waals surface area contributed by atoms with E-state index < -0.39 is 12.1 Å². The molecule has 0 radical (unpaired) electrons. The Morgan fingerprint density at radius 2 is 1.73 bits per heavy atom. The number of nitrogens with zero attached hydrogens (tertiary/aromatic N) is 1. The van der Waals surface area contributed by atoms with Gasteiger partial charge in [-0.1, -0.05) is 48.5 Å². The summed E-state index contributed by atoms with van der Waals surface area (Å²) >= 11 is 0. The van der Waals surface area contributed by atoms with Gasteiger partial charge < -0.3 is 26.8 Å². The maximum Gasteiger partial charge on any atom is 0.242 e. The van der Waals surface area contributed by atoms with E-state index in [9.17, 15) is 14.7 Å². The number of pyridine rings is 1. The van der Waals surface area contributed by atoms with Gasteiger partial charge in [-0.25, -0.2) is 4.98 Å². The number of amides is 2. The highest BCUT2D eigenvalue weighted by molar-refractivity contribution is 5.89. The summed E-state index contributed by atoms with van der Waals surface area (Å²) in [5.74, 6) is 0.210. The Labute approximate surface area is 218 Å². The normalized spacial score (nSPS) is 12.5. The van der Waals surface area contributed by atoms with Crippen molar-refractivity contribution < 1.29 is 14.7 Å². The molecule has 8 heteroatoms. The monoisotopic (exact) mass is 503 g/mol. The van der Waals surface area contributed by atoms with Crippen molar-refractivity contribution >= 4 is 17.6 Å². The van der Waals surface area contributed by atoms with Crippen LogP contribution in [0, 0.1) is 6.92 Å². The number of phenols is 1. The Hall–Kier alpha value is -3.91. The van der Waals surface area contributed by atoms with Crippen molar-refractivity contribution in [1.82, 2.24) is 20.9 Å². The minimum Gasteiger partial charge on any atom is -0.508 e. The van der Waals surface area contributed by atoms with Crippen molar-refractivity contribution in [2.24, 2.45) is 0 Å². The fourth-order valence-corrected chi connectivity index (χ4v) is 4.07. The lowest BCUT2D eigenvalue weighted by Gasteiger charge is -2.21. The molecule has 0 aliphatic heterocycles. The molecule has 3 rings (SSSR count). The smallest absolute Gasteiger partial charge is 0.242 e. The van der Waals surface area contributed by atoms with Gasteiger partial charge in [0.25, 0.3) is 0 Å². The Morgan fingerprint density at radius 1 is 0.973 bits per heavy atom. The Kier molecular flexibility index (Phi) is 10.5. The van der Waals surface area contributed by atoms with Crippen molar-refractivity contribution in [3.8, 4) is 5.75 Å². The number of carbonyl (C=O) groups excluding carboxylic acids is 2. The number of phenolic OH excluding ortho intramolecular Hbond substituents is 1. The van der Waals surface area contributed by atoms with Crippen LogP contribution in [0.2, 0.25) is 0 Å². The third kappa shape index (κ3) is 9.24. The summed E-state index contributed by atoms with van der Waals surface area (Å²) in [5, 5.41) is 18.7. The molecule has 0 aliphatic carbocycles. The number of anilines is 1. The highest BCUT2D eigenvalue weighted by atomic mass is 16.3. The van der Waals surface area contributed by atoms with Gasteiger partial charge in [-0.15, -0.1) is 0 Å². The number of nitrogens with one attached hydrogen (secondary N) is 3. The minimum atomic E-state index is -0.692. The van der Waals surface area contributed by atoms with Gasteiger partial charge >= 0.3 is 0 Å². The number of aromatic nitrogens is 1. The van der Waals surface area contributed by atoms with Crippen LogP contribution in [0.1, 0.15) is 42.1 Å². The lowest BCUT2D eigenvalue weighted by molar-refractivity contribution is -0.129. The van der Waals surface area contributed by atoms with Gasteiger partial charge in [0.05, 0.1) is 6.04 Å². The zero-order valence-corrected chi connectivity index (χ0v) is 21.5. The van der Waals surface area contributed by atoms with Crippen molar-refractivity contribution in [2.75, 3.05) is 12.3 Å². The van der Waals surface area contributed by atoms with Crippen LogP contribution in [0.3, 0.4) is 0 Å². The third-order valence-electron chi connectivity index (χ3n) is 6.25. The van der Waals surface area contributed by atoms with Crippen molar-refractivity contribution in [1.29, 1.82) is 0 Å². The van der Waals surface area contributed by atoms with Gasteiger partial charge in [-0.05, 0) is 81.0 Å². The van der Waals surface area contributed by atoms with Crippen molar-refractivity contribution in [2.45, 2.75) is 58.2 Å². The fraction of sp³-hybridized carbons (Fsp3) is 0.345. The molecule has 2 amide bonds. The molecule has 196 valence electrons. The van der Waals surface area contributed by atoms with Crippen LogP contribution < -0.4 is 21.7 Å². The highest BCUT2D eigenvalue weighted by Crippen LogP contribution is 2.13. The van der Waals surface area contributed by atoms with Crippen LogP contribution in [0.4, 0.5) is 5.82 Å². The SMILES string of the molecule is Cc1nc(N)ccc1CNC(=O)[C@H](C)NC(=O)[C@@H](CCc1ccccc1)NCCCc1cccc(O)c1. The molecule has 0 bridgehead atoms. The average molecular weight is 504 g/mol. The molecule has 0 saturated heterocycles. The maximum absolute atomic E-state index is 13.1. The van der Waals surface area contributed by atoms with Crippen LogP contribution in [-0.2, 0) is 29.0 Å². The van der Waals surface area contributed by atoms with Gasteiger partial charge in [0, 0.05) is 12.2 Å². The summed E-state index contributed by atoms with van der Waals surface area (Å²) in [7, 11) is 0. The molecule has 1 heterocycles. The number of hydrogen-bond acceptors (Lipinski definition) is 6. The lowest BCUT2D eigenvalue weighted by Crippen LogP contribution is -2.51. The molecular weight excluding hydrogens is 466 g/mol. The number of benzene rings is 2. The second-order valence-electron chi connectivity index (χ2n) is 9.23. The first-order valence-electron chi connectivity index (χ1n) is 12.7. The van der Waals surface area contributed by atoms with Crippen LogP contribution in [0.15, 0.2) is 66.7 Å². The van der Waals surface area contributed by atoms with E-state index in [0.717, 1.165) is 41.6 Å². The van der Waals surface area contributed by atoms with E-state index in [0.29, 0.717) is 25.3 Å². The molecule has 0 saturated carbocycles. The topological polar surface area (TPSA) is 129 Å². The van der Waals surface area contributed by atoms with E-state index in [4.69, 9.17) is 5.73 Å². The largest absolute Gasteiger partial charge is 0.508 e. The number of carbonyl (C=O) groups is 2. The molecule has 37 heavy (non-hydrogen) atoms. The number of aryl methyl sites for hydroxylation is 3. The Morgan fingerprint density at radius 3 is 2.46 bits per heavy atom. The van der Waals surface area contributed by atoms with E-state index in [1.807, 2.05) is 55.5 Å². The molecule has 6 N–H and O–H groups in total. The first-order valence-corrected chi connectivity index (χ1v) is 12.7. The molecule has 0 aliphatic rings. The first-order chi connectivity index (χ1) is 17.8. The van der Waals surface area contributed by atoms with Crippen molar-refractivity contribution in [3.63, 3.8) is 0 Å². The molecule has 1 aromatic heterocycles. The second-order valence-corrected chi connectivity index (χ2v) is 9.23. The molecule has 2 aromatic carbocycles. The first kappa shape index (κ1) is 27.7. The zero-order valence-electron chi connectivity index (χ0n) is 21.5. The lowest BCUT2D eigenvalue weighted by atomic mass is 10.0. The van der Waals surface area contributed by atoms with Crippen LogP contribution in [-0.4, -0.2) is 40.5 Å². The van der Waals surface area contributed by atoms with E-state index in [-0.39, 0.29) is 17.6 Å². The van der Waals surface area contributed by atoms with Crippen LogP contribution in [0.25, 0.3) is 0 Å². The predicted octanol–water partition coefficient (Wildman–Crippen LogP) is 3.02. The minimum absolute atomic E-state index is 0.207. The van der Waals surface area contributed by atoms with Gasteiger partial charge in [-0.3, -0.25) is 9.59 Å². The number of aromatic hydroxyl groups is 1. The summed E-state index contributed by atoms with van der Waals surface area (Å²) in [4.78, 5) is 30.0. The van der Waals surface area contributed by atoms with Crippen LogP contribution >= 0.6 is 0 Å². The predicted molar refractivity (Wildman–Crippen MR) is 146 cm³/mol. The standard InChI is InChI=1S/C29H37N5O3/c1-20-24(14-16-27(30)33-20)19-32-28(36)21(2)34-29(37)26(15-13-22-8-4-3-5-9-22)31-17-7-11-23-10-6-12-25(35)18-23/h3-6,8-10,12,14,16,18,21,26,31,35H,7,11,13,15,17,19H2,1-2H3,(H2,30,33)(H,32,36)(H,34,37)/t21-,26+/m0/s1. The summed E-state index contributed by atoms with van der Waals surface area (Å²) in [6.45, 7) is 4.46. The third-order valence-corrected chi connectivity index (χ3v) is 6.25. The Balaban J connectivity index is 1.53. The summed E-state index contributed by atoms with van der Waals surface area (Å²) in [5.41, 5.74) is 9.52. The van der Waals surface area contributed by atoms with E-state index in [1.165, 1.54) is 0 Å². The van der Waals surface area contributed by atoms with Gasteiger partial charge in [0.15, 0.2) is 0 Å². The molecule has 2 atom stereocenters. The van der Waals surface area contributed by atoms with Crippen LogP contribution in [0.5, 0.6) is 5.75 Å². The second kappa shape index (κ2) is 14.0. The molecule has 0 fully saturated rings. The van der Waals surface area contributed by atoms with E-state index in [2.05, 4.69) is 20.9 Å². The summed E-state index contributed by atoms with van der Waals surface area (Å²) in [6.07, 6.45) is 2.94. The summed E-state index contributed by atoms with van der Waals surface area (Å²) < 4.78 is 0. The van der Waals surface area contributed by atoms with Gasteiger partial charge in [-0.2, -0.15) is 0 Å². The summed E-state index contributed by atoms with van der Waals surface area (Å²) in [6, 6.07) is 19.6. The number of nitrogen functional groups attached to an aromatic ring is 1. The molecular formula is C29H37N5O3. The molecule has 0 unspecified atom stereocenters. The van der Waals surface area contributed by atoms with Gasteiger partial charge in [0.2, 0.25) is 11.8 Å². The molecule has 3 aromatic rings. The van der Waals surface area contributed by atoms with Gasteiger partial charge in [0.1, 0.15) is 17.6 Å². The quantitative estimate of drug-likeness (QED) is 0.228. The highest BCUT2D eigenvalue weighted by Gasteiger charge is 2.22. The molecule has 8 nitrogen and oxygen atoms in total. The number of rotatable bonds is 13. The zero-order chi connectivity index (χ0) is 26.6. The van der Waals surface area contributed by atoms with Crippen molar-refractivity contribution in [3.05, 3.63) is 89.1 Å². The fourth-order valence-electron chi connectivity index (χ4n) is 4.07. The number of hydrogen-bond donors (Lipinski definition) is 5. The maximum atomic E-state index is 13.1. The molecule has 0 spiro atoms. The number of nitrogens with two attached hydrogens (primary N) is 1. The Bertz CT molecular complexity index is 1170.